The highest BCUT2D eigenvalue weighted by Crippen LogP contribution is 2.40. The third-order valence-corrected chi connectivity index (χ3v) is 5.65. The van der Waals surface area contributed by atoms with Gasteiger partial charge in [-0.15, -0.1) is 0 Å². The summed E-state index contributed by atoms with van der Waals surface area (Å²) in [6.45, 7) is 5.43. The number of nitrogens with one attached hydrogen (secondary N) is 1. The van der Waals surface area contributed by atoms with E-state index in [9.17, 15) is 23.1 Å². The Bertz CT molecular complexity index is 1190. The van der Waals surface area contributed by atoms with Gasteiger partial charge in [0.1, 0.15) is 18.0 Å². The fourth-order valence-corrected chi connectivity index (χ4v) is 3.97. The van der Waals surface area contributed by atoms with Crippen LogP contribution in [0.4, 0.5) is 13.2 Å². The lowest BCUT2D eigenvalue weighted by Gasteiger charge is -2.17. The van der Waals surface area contributed by atoms with Crippen molar-refractivity contribution in [1.82, 2.24) is 0 Å². The number of phenols is 1. The SMILES string of the molecule is Cc1ccc(C)c(Oc2c(C(F)(F)F)oc3c(C[NH+]4CCCC4)c(O)ccc3c2=O)c1. The van der Waals surface area contributed by atoms with E-state index in [4.69, 9.17) is 9.15 Å². The molecule has 2 N–H and O–H groups in total. The molecule has 4 rings (SSSR count). The van der Waals surface area contributed by atoms with Gasteiger partial charge in [0.25, 0.3) is 5.76 Å². The van der Waals surface area contributed by atoms with Crippen molar-refractivity contribution in [2.45, 2.75) is 39.4 Å². The highest BCUT2D eigenvalue weighted by Gasteiger charge is 2.41. The maximum Gasteiger partial charge on any atom is 0.453 e. The van der Waals surface area contributed by atoms with Gasteiger partial charge in [-0.05, 0) is 43.2 Å². The Morgan fingerprint density at radius 2 is 1.84 bits per heavy atom. The van der Waals surface area contributed by atoms with Crippen LogP contribution in [0.3, 0.4) is 0 Å². The second-order valence-electron chi connectivity index (χ2n) is 8.03. The van der Waals surface area contributed by atoms with Crippen LogP contribution in [-0.2, 0) is 12.7 Å². The Morgan fingerprint density at radius 1 is 1.13 bits per heavy atom. The van der Waals surface area contributed by atoms with Gasteiger partial charge in [-0.25, -0.2) is 0 Å². The molecule has 164 valence electrons. The number of hydrogen-bond donors (Lipinski definition) is 2. The topological polar surface area (TPSA) is 64.1 Å². The molecule has 1 saturated heterocycles. The number of benzene rings is 2. The minimum atomic E-state index is -4.95. The number of aromatic hydroxyl groups is 1. The van der Waals surface area contributed by atoms with Gasteiger partial charge in [-0.2, -0.15) is 13.2 Å². The number of halogens is 3. The van der Waals surface area contributed by atoms with Gasteiger partial charge in [0.05, 0.1) is 24.0 Å². The lowest BCUT2D eigenvalue weighted by atomic mass is 10.1. The standard InChI is InChI=1S/C23H22F3NO4/c1-13-5-6-14(2)18(11-13)30-21-19(29)15-7-8-17(28)16(12-27-9-3-4-10-27)20(15)31-22(21)23(24,25)26/h5-8,11,28H,3-4,9-10,12H2,1-2H3/p+1. The smallest absolute Gasteiger partial charge is 0.453 e. The molecule has 8 heteroatoms. The Hall–Kier alpha value is -3.00. The van der Waals surface area contributed by atoms with Crippen LogP contribution in [0.25, 0.3) is 11.0 Å². The predicted molar refractivity (Wildman–Crippen MR) is 109 cm³/mol. The van der Waals surface area contributed by atoms with Gasteiger partial charge in [-0.1, -0.05) is 12.1 Å². The highest BCUT2D eigenvalue weighted by molar-refractivity contribution is 5.83. The van der Waals surface area contributed by atoms with Gasteiger partial charge in [-0.3, -0.25) is 4.79 Å². The number of quaternary nitrogens is 1. The molecule has 0 aliphatic carbocycles. The summed E-state index contributed by atoms with van der Waals surface area (Å²) in [5, 5.41) is 10.3. The molecule has 0 radical (unpaired) electrons. The fourth-order valence-electron chi connectivity index (χ4n) is 3.97. The Morgan fingerprint density at radius 3 is 2.52 bits per heavy atom. The van der Waals surface area contributed by atoms with Gasteiger partial charge in [0.15, 0.2) is 5.58 Å². The van der Waals surface area contributed by atoms with E-state index in [1.165, 1.54) is 12.1 Å². The minimum Gasteiger partial charge on any atom is -0.507 e. The monoisotopic (exact) mass is 434 g/mol. The van der Waals surface area contributed by atoms with E-state index in [1.54, 1.807) is 32.0 Å². The molecule has 0 atom stereocenters. The minimum absolute atomic E-state index is 0.0558. The van der Waals surface area contributed by atoms with Crippen LogP contribution in [0.5, 0.6) is 17.2 Å². The first-order chi connectivity index (χ1) is 14.6. The zero-order valence-corrected chi connectivity index (χ0v) is 17.2. The fraction of sp³-hybridized carbons (Fsp3) is 0.348. The highest BCUT2D eigenvalue weighted by atomic mass is 19.4. The number of aryl methyl sites for hydroxylation is 2. The number of rotatable bonds is 4. The van der Waals surface area contributed by atoms with E-state index in [1.807, 2.05) is 0 Å². The van der Waals surface area contributed by atoms with Crippen molar-refractivity contribution in [2.24, 2.45) is 0 Å². The summed E-state index contributed by atoms with van der Waals surface area (Å²) >= 11 is 0. The van der Waals surface area contributed by atoms with Crippen molar-refractivity contribution in [3.05, 3.63) is 63.0 Å². The zero-order chi connectivity index (χ0) is 22.3. The summed E-state index contributed by atoms with van der Waals surface area (Å²) in [4.78, 5) is 14.2. The predicted octanol–water partition coefficient (Wildman–Crippen LogP) is 4.11. The van der Waals surface area contributed by atoms with E-state index >= 15 is 0 Å². The summed E-state index contributed by atoms with van der Waals surface area (Å²) in [5.41, 5.74) is 0.398. The van der Waals surface area contributed by atoms with Crippen molar-refractivity contribution in [3.63, 3.8) is 0 Å². The van der Waals surface area contributed by atoms with Gasteiger partial charge in [0, 0.05) is 12.8 Å². The molecular weight excluding hydrogens is 411 g/mol. The molecule has 0 saturated carbocycles. The molecule has 3 aromatic rings. The Balaban J connectivity index is 1.92. The molecule has 0 spiro atoms. The van der Waals surface area contributed by atoms with E-state index in [0.717, 1.165) is 36.4 Å². The molecule has 0 bridgehead atoms. The molecule has 2 heterocycles. The molecular formula is C23H23F3NO4+. The van der Waals surface area contributed by atoms with Crippen LogP contribution >= 0.6 is 0 Å². The quantitative estimate of drug-likeness (QED) is 0.649. The van der Waals surface area contributed by atoms with E-state index in [-0.39, 0.29) is 34.6 Å². The molecule has 0 unspecified atom stereocenters. The lowest BCUT2D eigenvalue weighted by molar-refractivity contribution is -0.901. The largest absolute Gasteiger partial charge is 0.507 e. The van der Waals surface area contributed by atoms with Crippen LogP contribution in [0.15, 0.2) is 39.5 Å². The molecule has 1 aromatic heterocycles. The Labute approximate surface area is 176 Å². The van der Waals surface area contributed by atoms with Gasteiger partial charge < -0.3 is 19.2 Å². The summed E-state index contributed by atoms with van der Waals surface area (Å²) < 4.78 is 52.5. The number of hydrogen-bond acceptors (Lipinski definition) is 4. The molecule has 5 nitrogen and oxygen atoms in total. The average molecular weight is 434 g/mol. The van der Waals surface area contributed by atoms with Gasteiger partial charge in [0.2, 0.25) is 11.2 Å². The number of fused-ring (bicyclic) bond motifs is 1. The number of phenolic OH excluding ortho intramolecular Hbond substituents is 1. The van der Waals surface area contributed by atoms with Crippen molar-refractivity contribution in [2.75, 3.05) is 13.1 Å². The van der Waals surface area contributed by atoms with Crippen LogP contribution < -0.4 is 15.1 Å². The zero-order valence-electron chi connectivity index (χ0n) is 17.2. The second-order valence-corrected chi connectivity index (χ2v) is 8.03. The normalized spacial score (nSPS) is 15.0. The summed E-state index contributed by atoms with van der Waals surface area (Å²) in [6.07, 6.45) is -2.94. The van der Waals surface area contributed by atoms with Crippen molar-refractivity contribution in [3.8, 4) is 17.2 Å². The van der Waals surface area contributed by atoms with E-state index in [2.05, 4.69) is 0 Å². The molecule has 1 aliphatic rings. The maximum atomic E-state index is 13.9. The van der Waals surface area contributed by atoms with E-state index in [0.29, 0.717) is 5.56 Å². The maximum absolute atomic E-state index is 13.9. The lowest BCUT2D eigenvalue weighted by Crippen LogP contribution is -3.08. The third-order valence-electron chi connectivity index (χ3n) is 5.65. The molecule has 1 fully saturated rings. The molecule has 31 heavy (non-hydrogen) atoms. The summed E-state index contributed by atoms with van der Waals surface area (Å²) in [5.74, 6) is -2.45. The summed E-state index contributed by atoms with van der Waals surface area (Å²) in [6, 6.07) is 7.66. The van der Waals surface area contributed by atoms with Gasteiger partial charge >= 0.3 is 6.18 Å². The molecule has 2 aromatic carbocycles. The van der Waals surface area contributed by atoms with Crippen LogP contribution in [0, 0.1) is 13.8 Å². The average Bonchev–Trinajstić information content (AvgIpc) is 3.21. The number of alkyl halides is 3. The number of likely N-dealkylation sites (tertiary alicyclic amines) is 1. The molecule has 1 aliphatic heterocycles. The van der Waals surface area contributed by atoms with Crippen molar-refractivity contribution in [1.29, 1.82) is 0 Å². The van der Waals surface area contributed by atoms with Crippen molar-refractivity contribution >= 4 is 11.0 Å². The van der Waals surface area contributed by atoms with Crippen LogP contribution in [0.2, 0.25) is 0 Å². The first kappa shape index (κ1) is 21.2. The van der Waals surface area contributed by atoms with Crippen molar-refractivity contribution < 1.29 is 32.3 Å². The van der Waals surface area contributed by atoms with E-state index < -0.39 is 23.1 Å². The first-order valence-corrected chi connectivity index (χ1v) is 10.1. The van der Waals surface area contributed by atoms with Crippen LogP contribution in [0.1, 0.15) is 35.3 Å². The molecule has 0 amide bonds. The second kappa shape index (κ2) is 7.92. The third kappa shape index (κ3) is 4.12. The van der Waals surface area contributed by atoms with Crippen LogP contribution in [-0.4, -0.2) is 18.2 Å². The first-order valence-electron chi connectivity index (χ1n) is 10.1. The Kier molecular flexibility index (Phi) is 5.43. The number of ether oxygens (including phenoxy) is 1. The summed E-state index contributed by atoms with van der Waals surface area (Å²) in [7, 11) is 0.